The summed E-state index contributed by atoms with van der Waals surface area (Å²) in [6, 6.07) is 2.51. The van der Waals surface area contributed by atoms with Crippen LogP contribution < -0.4 is 4.90 Å². The van der Waals surface area contributed by atoms with Gasteiger partial charge in [0, 0.05) is 37.7 Å². The van der Waals surface area contributed by atoms with Gasteiger partial charge in [0.05, 0.1) is 18.8 Å². The van der Waals surface area contributed by atoms with Gasteiger partial charge in [-0.15, -0.1) is 0 Å². The second kappa shape index (κ2) is 6.43. The molecule has 1 aromatic heterocycles. The van der Waals surface area contributed by atoms with E-state index in [0.29, 0.717) is 18.5 Å². The third-order valence-electron chi connectivity index (χ3n) is 5.37. The minimum Gasteiger partial charge on any atom is -0.381 e. The monoisotopic (exact) mass is 316 g/mol. The minimum absolute atomic E-state index is 0.243. The molecule has 1 saturated carbocycles. The lowest BCUT2D eigenvalue weighted by atomic mass is 10.0. The van der Waals surface area contributed by atoms with Crippen LogP contribution in [0, 0.1) is 0 Å². The quantitative estimate of drug-likeness (QED) is 0.847. The summed E-state index contributed by atoms with van der Waals surface area (Å²) in [5.74, 6) is 1.49. The maximum absolute atomic E-state index is 12.5. The molecule has 6 heteroatoms. The van der Waals surface area contributed by atoms with Gasteiger partial charge in [0.15, 0.2) is 0 Å². The van der Waals surface area contributed by atoms with E-state index in [0.717, 1.165) is 44.2 Å². The molecule has 3 fully saturated rings. The highest BCUT2D eigenvalue weighted by atomic mass is 16.5. The van der Waals surface area contributed by atoms with E-state index in [1.165, 1.54) is 25.7 Å². The summed E-state index contributed by atoms with van der Waals surface area (Å²) in [4.78, 5) is 25.5. The largest absolute Gasteiger partial charge is 0.381 e. The normalized spacial score (nSPS) is 26.3. The first-order valence-corrected chi connectivity index (χ1v) is 8.75. The molecule has 3 heterocycles. The summed E-state index contributed by atoms with van der Waals surface area (Å²) in [6.07, 6.45) is 7.51. The van der Waals surface area contributed by atoms with Gasteiger partial charge in [-0.05, 0) is 19.3 Å². The lowest BCUT2D eigenvalue weighted by Crippen LogP contribution is -2.53. The number of ether oxygens (including phenoxy) is 1. The van der Waals surface area contributed by atoms with Crippen molar-refractivity contribution in [2.75, 3.05) is 37.7 Å². The molecule has 1 aliphatic carbocycles. The Morgan fingerprint density at radius 2 is 2.00 bits per heavy atom. The summed E-state index contributed by atoms with van der Waals surface area (Å²) in [5, 5.41) is 0. The molecule has 0 aromatic carbocycles. The second-order valence-electron chi connectivity index (χ2n) is 6.81. The van der Waals surface area contributed by atoms with E-state index in [4.69, 9.17) is 4.74 Å². The molecule has 1 unspecified atom stereocenters. The van der Waals surface area contributed by atoms with Crippen LogP contribution in [-0.4, -0.2) is 59.7 Å². The average molecular weight is 316 g/mol. The third kappa shape index (κ3) is 3.04. The van der Waals surface area contributed by atoms with Gasteiger partial charge < -0.3 is 14.5 Å². The summed E-state index contributed by atoms with van der Waals surface area (Å²) in [5.41, 5.74) is 1.04. The first-order chi connectivity index (χ1) is 11.3. The van der Waals surface area contributed by atoms with Crippen LogP contribution in [0.1, 0.15) is 43.7 Å². The molecule has 0 radical (unpaired) electrons. The number of piperazine rings is 1. The Labute approximate surface area is 136 Å². The molecule has 124 valence electrons. The van der Waals surface area contributed by atoms with E-state index in [2.05, 4.69) is 19.8 Å². The van der Waals surface area contributed by atoms with E-state index in [1.807, 2.05) is 6.07 Å². The van der Waals surface area contributed by atoms with E-state index in [9.17, 15) is 4.79 Å². The van der Waals surface area contributed by atoms with Crippen LogP contribution in [0.15, 0.2) is 12.4 Å². The highest BCUT2D eigenvalue weighted by Gasteiger charge is 2.32. The zero-order valence-electron chi connectivity index (χ0n) is 13.5. The summed E-state index contributed by atoms with van der Waals surface area (Å²) in [7, 11) is 0. The highest BCUT2D eigenvalue weighted by Crippen LogP contribution is 2.28. The SMILES string of the molecule is O=C1CN(c2cc(C3CCOC3)ncn2)CCN1C1CCCC1. The molecule has 6 nitrogen and oxygen atoms in total. The molecular weight excluding hydrogens is 292 g/mol. The van der Waals surface area contributed by atoms with Crippen LogP contribution in [0.3, 0.4) is 0 Å². The van der Waals surface area contributed by atoms with Crippen molar-refractivity contribution in [2.45, 2.75) is 44.1 Å². The van der Waals surface area contributed by atoms with Gasteiger partial charge in [0.2, 0.25) is 5.91 Å². The molecule has 0 spiro atoms. The number of hydrogen-bond acceptors (Lipinski definition) is 5. The molecule has 0 bridgehead atoms. The zero-order chi connectivity index (χ0) is 15.6. The van der Waals surface area contributed by atoms with Crippen molar-refractivity contribution in [3.05, 3.63) is 18.1 Å². The van der Waals surface area contributed by atoms with Gasteiger partial charge in [0.1, 0.15) is 12.1 Å². The fourth-order valence-corrected chi connectivity index (χ4v) is 4.01. The Morgan fingerprint density at radius 1 is 1.13 bits per heavy atom. The Hall–Kier alpha value is -1.69. The summed E-state index contributed by atoms with van der Waals surface area (Å²) in [6.45, 7) is 3.66. The second-order valence-corrected chi connectivity index (χ2v) is 6.81. The first-order valence-electron chi connectivity index (χ1n) is 8.75. The van der Waals surface area contributed by atoms with Gasteiger partial charge in [-0.3, -0.25) is 4.79 Å². The number of hydrogen-bond donors (Lipinski definition) is 0. The van der Waals surface area contributed by atoms with Crippen LogP contribution in [0.5, 0.6) is 0 Å². The molecule has 2 aliphatic heterocycles. The van der Waals surface area contributed by atoms with Gasteiger partial charge in [-0.1, -0.05) is 12.8 Å². The number of carbonyl (C=O) groups is 1. The number of aromatic nitrogens is 2. The third-order valence-corrected chi connectivity index (χ3v) is 5.37. The van der Waals surface area contributed by atoms with E-state index in [-0.39, 0.29) is 5.91 Å². The average Bonchev–Trinajstić information content (AvgIpc) is 3.28. The van der Waals surface area contributed by atoms with Crippen molar-refractivity contribution in [3.8, 4) is 0 Å². The number of anilines is 1. The molecule has 1 amide bonds. The van der Waals surface area contributed by atoms with Gasteiger partial charge in [0.25, 0.3) is 0 Å². The van der Waals surface area contributed by atoms with Gasteiger partial charge in [-0.2, -0.15) is 0 Å². The van der Waals surface area contributed by atoms with E-state index >= 15 is 0 Å². The lowest BCUT2D eigenvalue weighted by molar-refractivity contribution is -0.133. The highest BCUT2D eigenvalue weighted by molar-refractivity contribution is 5.82. The fourth-order valence-electron chi connectivity index (χ4n) is 4.01. The van der Waals surface area contributed by atoms with Gasteiger partial charge in [-0.25, -0.2) is 9.97 Å². The molecule has 23 heavy (non-hydrogen) atoms. The molecule has 2 saturated heterocycles. The van der Waals surface area contributed by atoms with E-state index < -0.39 is 0 Å². The minimum atomic E-state index is 0.243. The Balaban J connectivity index is 1.45. The molecule has 1 aromatic rings. The van der Waals surface area contributed by atoms with Crippen LogP contribution >= 0.6 is 0 Å². The maximum atomic E-state index is 12.5. The van der Waals surface area contributed by atoms with Crippen LogP contribution in [0.2, 0.25) is 0 Å². The standard InChI is InChI=1S/C17H24N4O2/c22-17-10-20(6-7-21(17)14-3-1-2-4-14)16-9-15(18-12-19-16)13-5-8-23-11-13/h9,12-14H,1-8,10-11H2. The Bertz CT molecular complexity index is 567. The molecule has 4 rings (SSSR count). The fraction of sp³-hybridized carbons (Fsp3) is 0.706. The predicted molar refractivity (Wildman–Crippen MR) is 86.4 cm³/mol. The number of amides is 1. The van der Waals surface area contributed by atoms with E-state index in [1.54, 1.807) is 6.33 Å². The van der Waals surface area contributed by atoms with Crippen LogP contribution in [-0.2, 0) is 9.53 Å². The van der Waals surface area contributed by atoms with Gasteiger partial charge >= 0.3 is 0 Å². The Kier molecular flexibility index (Phi) is 4.16. The number of nitrogens with zero attached hydrogens (tertiary/aromatic N) is 4. The van der Waals surface area contributed by atoms with Crippen molar-refractivity contribution >= 4 is 11.7 Å². The Morgan fingerprint density at radius 3 is 2.74 bits per heavy atom. The summed E-state index contributed by atoms with van der Waals surface area (Å²) < 4.78 is 5.45. The summed E-state index contributed by atoms with van der Waals surface area (Å²) >= 11 is 0. The topological polar surface area (TPSA) is 58.6 Å². The lowest BCUT2D eigenvalue weighted by Gasteiger charge is -2.38. The molecule has 0 N–H and O–H groups in total. The van der Waals surface area contributed by atoms with Crippen molar-refractivity contribution < 1.29 is 9.53 Å². The van der Waals surface area contributed by atoms with Crippen LogP contribution in [0.25, 0.3) is 0 Å². The zero-order valence-corrected chi connectivity index (χ0v) is 13.5. The first kappa shape index (κ1) is 14.9. The maximum Gasteiger partial charge on any atom is 0.242 e. The smallest absolute Gasteiger partial charge is 0.242 e. The van der Waals surface area contributed by atoms with Crippen molar-refractivity contribution in [2.24, 2.45) is 0 Å². The number of rotatable bonds is 3. The predicted octanol–water partition coefficient (Wildman–Crippen LogP) is 1.57. The molecule has 1 atom stereocenters. The molecule has 3 aliphatic rings. The molecular formula is C17H24N4O2. The van der Waals surface area contributed by atoms with Crippen molar-refractivity contribution in [1.29, 1.82) is 0 Å². The number of carbonyl (C=O) groups excluding carboxylic acids is 1. The van der Waals surface area contributed by atoms with Crippen molar-refractivity contribution in [3.63, 3.8) is 0 Å². The van der Waals surface area contributed by atoms with Crippen molar-refractivity contribution in [1.82, 2.24) is 14.9 Å². The van der Waals surface area contributed by atoms with Crippen LogP contribution in [0.4, 0.5) is 5.82 Å².